The normalized spacial score (nSPS) is 19.2. The van der Waals surface area contributed by atoms with Crippen LogP contribution in [0.2, 0.25) is 0 Å². The number of halogens is 2. The molecule has 0 spiro atoms. The number of likely N-dealkylation sites (tertiary alicyclic amines) is 1. The van der Waals surface area contributed by atoms with Gasteiger partial charge in [0.2, 0.25) is 11.8 Å². The molecule has 0 aliphatic carbocycles. The summed E-state index contributed by atoms with van der Waals surface area (Å²) in [4.78, 5) is 30.1. The van der Waals surface area contributed by atoms with Crippen LogP contribution in [0.25, 0.3) is 16.6 Å². The Bertz CT molecular complexity index is 1180. The topological polar surface area (TPSA) is 61.7 Å². The Morgan fingerprint density at radius 3 is 2.62 bits per heavy atom. The maximum atomic E-state index is 14.3. The highest BCUT2D eigenvalue weighted by atomic mass is 19.1. The van der Waals surface area contributed by atoms with Crippen molar-refractivity contribution in [2.24, 2.45) is 0 Å². The van der Waals surface area contributed by atoms with Crippen molar-refractivity contribution in [1.29, 1.82) is 0 Å². The van der Waals surface area contributed by atoms with Gasteiger partial charge in [0.15, 0.2) is 0 Å². The fraction of sp³-hybridized carbons (Fsp3) is 0.348. The Morgan fingerprint density at radius 1 is 1.06 bits per heavy atom. The maximum Gasteiger partial charge on any atom is 0.242 e. The molecule has 166 valence electrons. The first kappa shape index (κ1) is 20.4. The van der Waals surface area contributed by atoms with Crippen LogP contribution in [-0.4, -0.2) is 76.8 Å². The molecule has 3 aromatic rings. The van der Waals surface area contributed by atoms with Crippen molar-refractivity contribution in [2.45, 2.75) is 12.6 Å². The first-order valence-electron chi connectivity index (χ1n) is 10.7. The molecule has 2 aliphatic rings. The molecule has 3 heterocycles. The van der Waals surface area contributed by atoms with E-state index in [1.54, 1.807) is 29.1 Å². The number of carbonyl (C=O) groups is 2. The molecule has 2 saturated heterocycles. The number of para-hydroxylation sites is 1. The van der Waals surface area contributed by atoms with Gasteiger partial charge in [0, 0.05) is 30.7 Å². The third-order valence-corrected chi connectivity index (χ3v) is 6.14. The Balaban J connectivity index is 1.33. The number of benzene rings is 2. The Morgan fingerprint density at radius 2 is 1.88 bits per heavy atom. The molecule has 0 N–H and O–H groups in total. The van der Waals surface area contributed by atoms with Gasteiger partial charge in [0.1, 0.15) is 17.7 Å². The minimum atomic E-state index is -0.975. The first-order chi connectivity index (χ1) is 15.5. The minimum absolute atomic E-state index is 0.0190. The molecule has 1 atom stereocenters. The molecule has 1 unspecified atom stereocenters. The summed E-state index contributed by atoms with van der Waals surface area (Å²) in [6.45, 7) is 1.57. The number of rotatable bonds is 4. The summed E-state index contributed by atoms with van der Waals surface area (Å²) in [5, 5.41) is 5.20. The number of anilines is 1. The van der Waals surface area contributed by atoms with Gasteiger partial charge in [-0.15, -0.1) is 0 Å². The molecule has 2 aromatic carbocycles. The molecule has 2 amide bonds. The van der Waals surface area contributed by atoms with Crippen LogP contribution in [0.1, 0.15) is 6.42 Å². The number of nitrogens with zero attached hydrogens (tertiary/aromatic N) is 5. The van der Waals surface area contributed by atoms with Gasteiger partial charge in [-0.3, -0.25) is 9.59 Å². The van der Waals surface area contributed by atoms with Crippen molar-refractivity contribution in [1.82, 2.24) is 19.6 Å². The summed E-state index contributed by atoms with van der Waals surface area (Å²) in [5.74, 6) is -0.729. The lowest BCUT2D eigenvalue weighted by Gasteiger charge is -2.36. The van der Waals surface area contributed by atoms with E-state index in [-0.39, 0.29) is 37.3 Å². The van der Waals surface area contributed by atoms with Crippen LogP contribution in [0.5, 0.6) is 0 Å². The Labute approximate surface area is 183 Å². The fourth-order valence-corrected chi connectivity index (χ4v) is 4.42. The van der Waals surface area contributed by atoms with Gasteiger partial charge in [-0.2, -0.15) is 5.10 Å². The van der Waals surface area contributed by atoms with E-state index in [1.165, 1.54) is 15.9 Å². The number of carbonyl (C=O) groups excluding carboxylic acids is 2. The zero-order valence-corrected chi connectivity index (χ0v) is 17.5. The molecule has 0 bridgehead atoms. The number of hydrogen-bond acceptors (Lipinski definition) is 4. The minimum Gasteiger partial charge on any atom is -0.360 e. The standard InChI is InChI=1S/C23H23F2N5O2/c24-16-8-9-28(13-16)23(32)15-29-11-10-27(14-22(29)31)19-6-3-7-20-17(19)12-26-30(20)21-5-2-1-4-18(21)25/h1-7,12,16H,8-11,13-15H2. The number of aromatic nitrogens is 2. The average molecular weight is 439 g/mol. The second-order valence-electron chi connectivity index (χ2n) is 8.18. The van der Waals surface area contributed by atoms with Gasteiger partial charge >= 0.3 is 0 Å². The molecule has 9 heteroatoms. The monoisotopic (exact) mass is 439 g/mol. The van der Waals surface area contributed by atoms with E-state index >= 15 is 0 Å². The average Bonchev–Trinajstić information content (AvgIpc) is 3.42. The van der Waals surface area contributed by atoms with Crippen molar-refractivity contribution in [3.05, 3.63) is 54.5 Å². The lowest BCUT2D eigenvalue weighted by atomic mass is 10.1. The van der Waals surface area contributed by atoms with Crippen molar-refractivity contribution in [3.8, 4) is 5.69 Å². The largest absolute Gasteiger partial charge is 0.360 e. The lowest BCUT2D eigenvalue weighted by Crippen LogP contribution is -2.53. The van der Waals surface area contributed by atoms with E-state index < -0.39 is 6.17 Å². The van der Waals surface area contributed by atoms with Crippen LogP contribution >= 0.6 is 0 Å². The smallest absolute Gasteiger partial charge is 0.242 e. The lowest BCUT2D eigenvalue weighted by molar-refractivity contribution is -0.140. The van der Waals surface area contributed by atoms with Gasteiger partial charge in [0.25, 0.3) is 0 Å². The van der Waals surface area contributed by atoms with Crippen LogP contribution in [0, 0.1) is 5.82 Å². The van der Waals surface area contributed by atoms with Crippen molar-refractivity contribution >= 4 is 28.4 Å². The molecule has 2 fully saturated rings. The molecule has 5 rings (SSSR count). The van der Waals surface area contributed by atoms with Crippen molar-refractivity contribution in [3.63, 3.8) is 0 Å². The molecule has 1 aromatic heterocycles. The first-order valence-corrected chi connectivity index (χ1v) is 10.7. The summed E-state index contributed by atoms with van der Waals surface area (Å²) in [5.41, 5.74) is 1.94. The van der Waals surface area contributed by atoms with Gasteiger partial charge < -0.3 is 14.7 Å². The Kier molecular flexibility index (Phi) is 5.24. The van der Waals surface area contributed by atoms with Gasteiger partial charge in [-0.25, -0.2) is 13.5 Å². The quantitative estimate of drug-likeness (QED) is 0.626. The fourth-order valence-electron chi connectivity index (χ4n) is 4.42. The molecule has 32 heavy (non-hydrogen) atoms. The summed E-state index contributed by atoms with van der Waals surface area (Å²) in [6, 6.07) is 12.1. The molecular formula is C23H23F2N5O2. The maximum absolute atomic E-state index is 14.3. The van der Waals surface area contributed by atoms with Crippen LogP contribution < -0.4 is 4.90 Å². The molecular weight excluding hydrogens is 416 g/mol. The molecule has 7 nitrogen and oxygen atoms in total. The van der Waals surface area contributed by atoms with E-state index in [2.05, 4.69) is 5.10 Å². The van der Waals surface area contributed by atoms with Gasteiger partial charge in [0.05, 0.1) is 31.3 Å². The highest BCUT2D eigenvalue weighted by Gasteiger charge is 2.31. The molecule has 0 saturated carbocycles. The summed E-state index contributed by atoms with van der Waals surface area (Å²) < 4.78 is 29.2. The third kappa shape index (κ3) is 3.68. The van der Waals surface area contributed by atoms with E-state index in [9.17, 15) is 18.4 Å². The second kappa shape index (κ2) is 8.22. The third-order valence-electron chi connectivity index (χ3n) is 6.14. The summed E-state index contributed by atoms with van der Waals surface area (Å²) in [6.07, 6.45) is 1.06. The van der Waals surface area contributed by atoms with Crippen LogP contribution in [0.15, 0.2) is 48.7 Å². The second-order valence-corrected chi connectivity index (χ2v) is 8.18. The van der Waals surface area contributed by atoms with E-state index in [0.717, 1.165) is 16.6 Å². The predicted octanol–water partition coefficient (Wildman–Crippen LogP) is 2.38. The van der Waals surface area contributed by atoms with E-state index in [4.69, 9.17) is 0 Å². The SMILES string of the molecule is O=C1CN(c2cccc3c2cnn3-c2ccccc2F)CCN1CC(=O)N1CCC(F)C1. The van der Waals surface area contributed by atoms with Crippen LogP contribution in [-0.2, 0) is 9.59 Å². The number of alkyl halides is 1. The Hall–Kier alpha value is -3.49. The zero-order valence-electron chi connectivity index (χ0n) is 17.5. The summed E-state index contributed by atoms with van der Waals surface area (Å²) >= 11 is 0. The highest BCUT2D eigenvalue weighted by Crippen LogP contribution is 2.30. The highest BCUT2D eigenvalue weighted by molar-refractivity contribution is 5.95. The van der Waals surface area contributed by atoms with Crippen molar-refractivity contribution < 1.29 is 18.4 Å². The van der Waals surface area contributed by atoms with Gasteiger partial charge in [-0.05, 0) is 30.7 Å². The van der Waals surface area contributed by atoms with Gasteiger partial charge in [-0.1, -0.05) is 18.2 Å². The van der Waals surface area contributed by atoms with Crippen molar-refractivity contribution in [2.75, 3.05) is 44.2 Å². The molecule has 2 aliphatic heterocycles. The number of amides is 2. The van der Waals surface area contributed by atoms with E-state index in [0.29, 0.717) is 31.7 Å². The summed E-state index contributed by atoms with van der Waals surface area (Å²) in [7, 11) is 0. The molecule has 0 radical (unpaired) electrons. The van der Waals surface area contributed by atoms with Crippen LogP contribution in [0.4, 0.5) is 14.5 Å². The zero-order chi connectivity index (χ0) is 22.2. The number of piperazine rings is 1. The predicted molar refractivity (Wildman–Crippen MR) is 116 cm³/mol. The van der Waals surface area contributed by atoms with E-state index in [1.807, 2.05) is 23.1 Å². The number of hydrogen-bond donors (Lipinski definition) is 0. The van der Waals surface area contributed by atoms with Crippen LogP contribution in [0.3, 0.4) is 0 Å². The number of fused-ring (bicyclic) bond motifs is 1.